The normalized spacial score (nSPS) is 8.53. The molecular weight excluding hydrogens is 210 g/mol. The highest BCUT2D eigenvalue weighted by molar-refractivity contribution is 5.30. The van der Waals surface area contributed by atoms with E-state index in [1.807, 2.05) is 67.7 Å². The second-order valence-electron chi connectivity index (χ2n) is 3.22. The monoisotopic (exact) mass is 227 g/mol. The molecule has 0 spiro atoms. The van der Waals surface area contributed by atoms with Gasteiger partial charge in [0.05, 0.1) is 0 Å². The van der Waals surface area contributed by atoms with Crippen LogP contribution in [0.5, 0.6) is 11.5 Å². The molecule has 0 amide bonds. The molecule has 0 saturated carbocycles. The highest BCUT2D eigenvalue weighted by atomic mass is 16.5. The average molecular weight is 227 g/mol. The molecule has 2 nitrogen and oxygen atoms in total. The molecule has 88 valence electrons. The minimum absolute atomic E-state index is 0.869. The largest absolute Gasteiger partial charge is 0.457 e. The maximum absolute atomic E-state index is 5.58. The van der Waals surface area contributed by atoms with Gasteiger partial charge in [0.25, 0.3) is 0 Å². The summed E-state index contributed by atoms with van der Waals surface area (Å²) in [4.78, 5) is 0. The Hall–Kier alpha value is -2.22. The summed E-state index contributed by atoms with van der Waals surface area (Å²) in [5.74, 6) is 1.74. The third-order valence-corrected chi connectivity index (χ3v) is 1.93. The summed E-state index contributed by atoms with van der Waals surface area (Å²) in [5.41, 5.74) is 0. The van der Waals surface area contributed by atoms with Crippen LogP contribution in [0.3, 0.4) is 0 Å². The fourth-order valence-corrected chi connectivity index (χ4v) is 1.11. The Labute approximate surface area is 103 Å². The fourth-order valence-electron chi connectivity index (χ4n) is 1.11. The van der Waals surface area contributed by atoms with Gasteiger partial charge in [0.2, 0.25) is 0 Å². The van der Waals surface area contributed by atoms with Crippen LogP contribution in [0.1, 0.15) is 0 Å². The van der Waals surface area contributed by atoms with Gasteiger partial charge in [0.1, 0.15) is 11.5 Å². The van der Waals surface area contributed by atoms with E-state index in [0.29, 0.717) is 0 Å². The van der Waals surface area contributed by atoms with E-state index >= 15 is 0 Å². The average Bonchev–Trinajstić information content (AvgIpc) is 2.41. The van der Waals surface area contributed by atoms with E-state index in [2.05, 4.69) is 11.9 Å². The number of ether oxygens (including phenoxy) is 1. The van der Waals surface area contributed by atoms with E-state index in [1.54, 1.807) is 6.20 Å². The van der Waals surface area contributed by atoms with Crippen LogP contribution >= 0.6 is 0 Å². The number of para-hydroxylation sites is 2. The maximum atomic E-state index is 5.58. The molecule has 17 heavy (non-hydrogen) atoms. The molecule has 0 aliphatic carbocycles. The Morgan fingerprint density at radius 3 is 1.53 bits per heavy atom. The lowest BCUT2D eigenvalue weighted by Crippen LogP contribution is -1.87. The highest BCUT2D eigenvalue weighted by Crippen LogP contribution is 2.19. The van der Waals surface area contributed by atoms with Gasteiger partial charge in [-0.1, -0.05) is 43.0 Å². The van der Waals surface area contributed by atoms with Crippen LogP contribution < -0.4 is 10.1 Å². The molecule has 0 aliphatic rings. The number of hydrogen-bond acceptors (Lipinski definition) is 2. The third kappa shape index (κ3) is 5.42. The van der Waals surface area contributed by atoms with Crippen molar-refractivity contribution in [2.24, 2.45) is 0 Å². The first-order chi connectivity index (χ1) is 8.36. The van der Waals surface area contributed by atoms with E-state index in [1.165, 1.54) is 0 Å². The summed E-state index contributed by atoms with van der Waals surface area (Å²) in [7, 11) is 1.81. The van der Waals surface area contributed by atoms with Crippen molar-refractivity contribution in [1.82, 2.24) is 5.32 Å². The van der Waals surface area contributed by atoms with Crippen molar-refractivity contribution in [2.45, 2.75) is 0 Å². The van der Waals surface area contributed by atoms with E-state index in [4.69, 9.17) is 4.74 Å². The first-order valence-corrected chi connectivity index (χ1v) is 5.43. The quantitative estimate of drug-likeness (QED) is 0.860. The SMILES string of the molecule is C=CNC.c1ccc(Oc2ccccc2)cc1. The van der Waals surface area contributed by atoms with Crippen LogP contribution in [0.25, 0.3) is 0 Å². The standard InChI is InChI=1S/C12H10O.C3H7N/c1-3-7-11(8-4-1)13-12-9-5-2-6-10-12;1-3-4-2/h1-10H;3-4H,1H2,2H3. The first-order valence-electron chi connectivity index (χ1n) is 5.43. The summed E-state index contributed by atoms with van der Waals surface area (Å²) < 4.78 is 5.58. The molecule has 0 atom stereocenters. The van der Waals surface area contributed by atoms with Crippen LogP contribution in [0.2, 0.25) is 0 Å². The van der Waals surface area contributed by atoms with Gasteiger partial charge in [0, 0.05) is 7.05 Å². The zero-order valence-corrected chi connectivity index (χ0v) is 9.97. The van der Waals surface area contributed by atoms with Gasteiger partial charge >= 0.3 is 0 Å². The van der Waals surface area contributed by atoms with Crippen LogP contribution in [0, 0.1) is 0 Å². The Morgan fingerprint density at radius 2 is 1.24 bits per heavy atom. The van der Waals surface area contributed by atoms with E-state index < -0.39 is 0 Å². The van der Waals surface area contributed by atoms with Crippen LogP contribution in [-0.4, -0.2) is 7.05 Å². The highest BCUT2D eigenvalue weighted by Gasteiger charge is 1.92. The first kappa shape index (κ1) is 12.8. The van der Waals surface area contributed by atoms with Gasteiger partial charge in [-0.2, -0.15) is 0 Å². The lowest BCUT2D eigenvalue weighted by atomic mass is 10.3. The Balaban J connectivity index is 0.000000317. The molecule has 2 aromatic rings. The second kappa shape index (κ2) is 7.99. The predicted molar refractivity (Wildman–Crippen MR) is 72.2 cm³/mol. The predicted octanol–water partition coefficient (Wildman–Crippen LogP) is 3.83. The molecule has 0 fully saturated rings. The molecule has 2 heteroatoms. The van der Waals surface area contributed by atoms with Gasteiger partial charge < -0.3 is 10.1 Å². The molecule has 0 aromatic heterocycles. The summed E-state index contributed by atoms with van der Waals surface area (Å²) >= 11 is 0. The lowest BCUT2D eigenvalue weighted by molar-refractivity contribution is 0.482. The molecule has 2 aromatic carbocycles. The van der Waals surface area contributed by atoms with E-state index in [9.17, 15) is 0 Å². The lowest BCUT2D eigenvalue weighted by Gasteiger charge is -2.03. The molecule has 0 heterocycles. The van der Waals surface area contributed by atoms with Gasteiger partial charge in [-0.15, -0.1) is 0 Å². The van der Waals surface area contributed by atoms with Gasteiger partial charge in [-0.05, 0) is 30.5 Å². The van der Waals surface area contributed by atoms with Crippen molar-refractivity contribution in [3.63, 3.8) is 0 Å². The van der Waals surface area contributed by atoms with E-state index in [-0.39, 0.29) is 0 Å². The molecule has 0 aliphatic heterocycles. The maximum Gasteiger partial charge on any atom is 0.127 e. The van der Waals surface area contributed by atoms with Gasteiger partial charge in [-0.25, -0.2) is 0 Å². The number of benzene rings is 2. The van der Waals surface area contributed by atoms with Gasteiger partial charge in [0.15, 0.2) is 0 Å². The van der Waals surface area contributed by atoms with Crippen LogP contribution in [-0.2, 0) is 0 Å². The molecule has 0 saturated heterocycles. The smallest absolute Gasteiger partial charge is 0.127 e. The molecule has 0 bridgehead atoms. The summed E-state index contributed by atoms with van der Waals surface area (Å²) in [6, 6.07) is 19.5. The zero-order valence-electron chi connectivity index (χ0n) is 9.97. The number of hydrogen-bond donors (Lipinski definition) is 1. The summed E-state index contributed by atoms with van der Waals surface area (Å²) in [6.07, 6.45) is 1.62. The molecule has 0 unspecified atom stereocenters. The Morgan fingerprint density at radius 1 is 0.882 bits per heavy atom. The minimum Gasteiger partial charge on any atom is -0.457 e. The molecular formula is C15H17NO. The molecule has 0 radical (unpaired) electrons. The Kier molecular flexibility index (Phi) is 6.04. The topological polar surface area (TPSA) is 21.3 Å². The van der Waals surface area contributed by atoms with Crippen molar-refractivity contribution >= 4 is 0 Å². The number of nitrogens with one attached hydrogen (secondary N) is 1. The van der Waals surface area contributed by atoms with Gasteiger partial charge in [-0.3, -0.25) is 0 Å². The molecule has 2 rings (SSSR count). The summed E-state index contributed by atoms with van der Waals surface area (Å²) in [5, 5.41) is 2.69. The van der Waals surface area contributed by atoms with Crippen molar-refractivity contribution < 1.29 is 4.74 Å². The fraction of sp³-hybridized carbons (Fsp3) is 0.0667. The van der Waals surface area contributed by atoms with Crippen molar-refractivity contribution in [3.8, 4) is 11.5 Å². The minimum atomic E-state index is 0.869. The third-order valence-electron chi connectivity index (χ3n) is 1.93. The second-order valence-corrected chi connectivity index (χ2v) is 3.22. The van der Waals surface area contributed by atoms with E-state index in [0.717, 1.165) is 11.5 Å². The van der Waals surface area contributed by atoms with Crippen LogP contribution in [0.4, 0.5) is 0 Å². The van der Waals surface area contributed by atoms with Crippen molar-refractivity contribution in [2.75, 3.05) is 7.05 Å². The zero-order chi connectivity index (χ0) is 12.3. The Bertz CT molecular complexity index is 374. The van der Waals surface area contributed by atoms with Crippen LogP contribution in [0.15, 0.2) is 73.4 Å². The van der Waals surface area contributed by atoms with Crippen molar-refractivity contribution in [3.05, 3.63) is 73.4 Å². The van der Waals surface area contributed by atoms with Crippen molar-refractivity contribution in [1.29, 1.82) is 0 Å². The number of rotatable bonds is 3. The molecule has 1 N–H and O–H groups in total. The summed E-state index contributed by atoms with van der Waals surface area (Å²) in [6.45, 7) is 3.37.